The van der Waals surface area contributed by atoms with Crippen LogP contribution in [0.4, 0.5) is 0 Å². The summed E-state index contributed by atoms with van der Waals surface area (Å²) >= 11 is -2.11. The molecular formula is C6H15AlO5P2. The van der Waals surface area contributed by atoms with Crippen molar-refractivity contribution >= 4 is 31.1 Å². The third-order valence-electron chi connectivity index (χ3n) is 1.82. The van der Waals surface area contributed by atoms with E-state index in [9.17, 15) is 4.57 Å². The molecule has 0 radical (unpaired) electrons. The highest BCUT2D eigenvalue weighted by Gasteiger charge is 2.52. The van der Waals surface area contributed by atoms with Gasteiger partial charge in [0.1, 0.15) is 0 Å². The van der Waals surface area contributed by atoms with Crippen LogP contribution in [0.2, 0.25) is 0 Å². The minimum atomic E-state index is -2.48. The SMILES string of the molecule is CCOP1[O][Al]([O]P(=O)(CC)CC)[O]1. The average molecular weight is 256 g/mol. The first-order chi connectivity index (χ1) is 6.63. The van der Waals surface area contributed by atoms with Crippen LogP contribution in [0.5, 0.6) is 0 Å². The van der Waals surface area contributed by atoms with E-state index in [1.165, 1.54) is 0 Å². The molecule has 1 saturated heterocycles. The molecule has 1 heterocycles. The molecule has 0 aliphatic carbocycles. The van der Waals surface area contributed by atoms with Gasteiger partial charge < -0.3 is 15.2 Å². The minimum absolute atomic E-state index is 0.534. The van der Waals surface area contributed by atoms with Gasteiger partial charge in [-0.15, -0.1) is 0 Å². The second kappa shape index (κ2) is 5.94. The van der Waals surface area contributed by atoms with Crippen molar-refractivity contribution in [1.29, 1.82) is 0 Å². The van der Waals surface area contributed by atoms with Crippen molar-refractivity contribution in [3.05, 3.63) is 0 Å². The maximum atomic E-state index is 11.8. The molecule has 0 unspecified atom stereocenters. The van der Waals surface area contributed by atoms with Crippen molar-refractivity contribution in [2.24, 2.45) is 0 Å². The predicted molar refractivity (Wildman–Crippen MR) is 56.2 cm³/mol. The molecule has 0 aromatic heterocycles. The van der Waals surface area contributed by atoms with Gasteiger partial charge in [0.2, 0.25) is 0 Å². The van der Waals surface area contributed by atoms with Crippen LogP contribution in [-0.4, -0.2) is 34.1 Å². The largest absolute Gasteiger partial charge is 0.923 e. The zero-order valence-electron chi connectivity index (χ0n) is 8.63. The van der Waals surface area contributed by atoms with Gasteiger partial charge >= 0.3 is 15.1 Å². The molecule has 0 aromatic carbocycles. The van der Waals surface area contributed by atoms with Crippen molar-refractivity contribution in [3.8, 4) is 0 Å². The maximum absolute atomic E-state index is 11.8. The number of hydrogen-bond acceptors (Lipinski definition) is 5. The molecule has 1 aliphatic heterocycles. The van der Waals surface area contributed by atoms with Crippen LogP contribution in [-0.2, 0) is 19.8 Å². The van der Waals surface area contributed by atoms with Gasteiger partial charge in [-0.05, 0) is 6.92 Å². The molecule has 0 spiro atoms. The Balaban J connectivity index is 2.25. The molecule has 1 rings (SSSR count). The van der Waals surface area contributed by atoms with Crippen LogP contribution in [0, 0.1) is 0 Å². The molecule has 14 heavy (non-hydrogen) atoms. The summed E-state index contributed by atoms with van der Waals surface area (Å²) in [6.45, 7) is 6.13. The third-order valence-corrected chi connectivity index (χ3v) is 9.20. The van der Waals surface area contributed by atoms with E-state index in [1.54, 1.807) is 0 Å². The summed E-state index contributed by atoms with van der Waals surface area (Å²) in [6.07, 6.45) is 1.07. The molecule has 82 valence electrons. The van der Waals surface area contributed by atoms with Crippen molar-refractivity contribution in [1.82, 2.24) is 0 Å². The topological polar surface area (TPSA) is 54.0 Å². The van der Waals surface area contributed by atoms with Gasteiger partial charge in [-0.2, -0.15) is 0 Å². The summed E-state index contributed by atoms with van der Waals surface area (Å²) in [5.41, 5.74) is 0. The van der Waals surface area contributed by atoms with Crippen LogP contribution >= 0.6 is 16.0 Å². The average Bonchev–Trinajstić information content (AvgIpc) is 2.14. The zero-order chi connectivity index (χ0) is 10.6. The van der Waals surface area contributed by atoms with Crippen LogP contribution < -0.4 is 0 Å². The van der Waals surface area contributed by atoms with E-state index < -0.39 is 31.1 Å². The summed E-state index contributed by atoms with van der Waals surface area (Å²) in [5, 5.41) is 0. The van der Waals surface area contributed by atoms with E-state index in [0.29, 0.717) is 18.9 Å². The van der Waals surface area contributed by atoms with Crippen molar-refractivity contribution in [2.75, 3.05) is 18.9 Å². The Morgan fingerprint density at radius 3 is 2.29 bits per heavy atom. The summed E-state index contributed by atoms with van der Waals surface area (Å²) in [4.78, 5) is 0. The van der Waals surface area contributed by atoms with Gasteiger partial charge in [0.15, 0.2) is 7.37 Å². The summed E-state index contributed by atoms with van der Waals surface area (Å²) < 4.78 is 32.7. The van der Waals surface area contributed by atoms with Crippen molar-refractivity contribution in [3.63, 3.8) is 0 Å². The highest BCUT2D eigenvalue weighted by atomic mass is 31.2. The lowest BCUT2D eigenvalue weighted by Gasteiger charge is -2.31. The van der Waals surface area contributed by atoms with Crippen LogP contribution in [0.15, 0.2) is 0 Å². The van der Waals surface area contributed by atoms with Crippen LogP contribution in [0.25, 0.3) is 0 Å². The fourth-order valence-electron chi connectivity index (χ4n) is 0.883. The molecule has 0 N–H and O–H groups in total. The fraction of sp³-hybridized carbons (Fsp3) is 1.00. The molecule has 8 heteroatoms. The van der Waals surface area contributed by atoms with E-state index in [0.717, 1.165) is 0 Å². The Kier molecular flexibility index (Phi) is 5.56. The Bertz CT molecular complexity index is 212. The Morgan fingerprint density at radius 1 is 1.29 bits per heavy atom. The van der Waals surface area contributed by atoms with Gasteiger partial charge in [0.05, 0.1) is 6.61 Å². The highest BCUT2D eigenvalue weighted by molar-refractivity contribution is 7.60. The van der Waals surface area contributed by atoms with E-state index in [1.807, 2.05) is 20.8 Å². The monoisotopic (exact) mass is 256 g/mol. The Morgan fingerprint density at radius 2 is 1.86 bits per heavy atom. The summed E-state index contributed by atoms with van der Waals surface area (Å²) in [6, 6.07) is 0. The quantitative estimate of drug-likeness (QED) is 0.540. The summed E-state index contributed by atoms with van der Waals surface area (Å²) in [5.74, 6) is 0. The van der Waals surface area contributed by atoms with Crippen molar-refractivity contribution in [2.45, 2.75) is 20.8 Å². The third kappa shape index (κ3) is 3.56. The highest BCUT2D eigenvalue weighted by Crippen LogP contribution is 2.56. The second-order valence-corrected chi connectivity index (χ2v) is 9.40. The van der Waals surface area contributed by atoms with E-state index in [2.05, 4.69) is 0 Å². The van der Waals surface area contributed by atoms with E-state index >= 15 is 0 Å². The molecule has 0 atom stereocenters. The first-order valence-corrected chi connectivity index (χ1v) is 9.17. The lowest BCUT2D eigenvalue weighted by atomic mass is 10.9. The first kappa shape index (κ1) is 13.1. The van der Waals surface area contributed by atoms with Gasteiger partial charge in [0.25, 0.3) is 8.60 Å². The van der Waals surface area contributed by atoms with Crippen LogP contribution in [0.1, 0.15) is 20.8 Å². The van der Waals surface area contributed by atoms with Gasteiger partial charge in [0, 0.05) is 12.3 Å². The Labute approximate surface area is 90.9 Å². The summed E-state index contributed by atoms with van der Waals surface area (Å²) in [7, 11) is -3.67. The molecule has 0 amide bonds. The lowest BCUT2D eigenvalue weighted by Crippen LogP contribution is -2.32. The normalized spacial score (nSPS) is 18.4. The fourth-order valence-corrected chi connectivity index (χ4v) is 6.66. The number of hydrogen-bond donors (Lipinski definition) is 0. The Hall–Kier alpha value is 1.03. The van der Waals surface area contributed by atoms with Gasteiger partial charge in [-0.25, -0.2) is 0 Å². The molecule has 0 saturated carbocycles. The minimum Gasteiger partial charge on any atom is -0.405 e. The van der Waals surface area contributed by atoms with Gasteiger partial charge in [-0.3, -0.25) is 4.57 Å². The molecule has 1 aliphatic rings. The van der Waals surface area contributed by atoms with E-state index in [4.69, 9.17) is 15.2 Å². The molecule has 5 nitrogen and oxygen atoms in total. The maximum Gasteiger partial charge on any atom is 0.923 e. The standard InChI is InChI=1S/C4H11O2P.C2H5O3P.Al/c1-3-7(5,6)4-2;1-2-5-6(3)4;/h3-4H2,1-2H3,(H,5,6);2H2,1H3;/q;-2;+3/p-1. The van der Waals surface area contributed by atoms with Gasteiger partial charge in [-0.1, -0.05) is 13.8 Å². The molecule has 1 fully saturated rings. The first-order valence-electron chi connectivity index (χ1n) is 4.66. The van der Waals surface area contributed by atoms with E-state index in [-0.39, 0.29) is 0 Å². The smallest absolute Gasteiger partial charge is 0.405 e. The molecular weight excluding hydrogens is 241 g/mol. The van der Waals surface area contributed by atoms with Crippen LogP contribution in [0.3, 0.4) is 0 Å². The predicted octanol–water partition coefficient (Wildman–Crippen LogP) is 2.62. The molecule has 0 bridgehead atoms. The second-order valence-electron chi connectivity index (χ2n) is 2.69. The zero-order valence-corrected chi connectivity index (χ0v) is 11.6. The number of rotatable bonds is 6. The van der Waals surface area contributed by atoms with Crippen molar-refractivity contribution < 1.29 is 19.8 Å². The molecule has 0 aromatic rings. The lowest BCUT2D eigenvalue weighted by molar-refractivity contribution is 0.170.